The fourth-order valence-corrected chi connectivity index (χ4v) is 2.65. The van der Waals surface area contributed by atoms with Crippen LogP contribution in [0.4, 0.5) is 5.95 Å². The van der Waals surface area contributed by atoms with Crippen LogP contribution in [0, 0.1) is 6.92 Å². The number of nitrogens with zero attached hydrogens (tertiary/aromatic N) is 3. The van der Waals surface area contributed by atoms with Gasteiger partial charge in [0.25, 0.3) is 0 Å². The standard InChI is InChI=1S/C15H26N4O2/c1-4-7-21-14-8-11(2)17-15(18-14)19-6-5-13(20-3)9-12(19)10-16/h8,12-13H,4-7,9-10,16H2,1-3H3. The molecule has 0 spiro atoms. The maximum Gasteiger partial charge on any atom is 0.229 e. The summed E-state index contributed by atoms with van der Waals surface area (Å²) in [5.74, 6) is 1.36. The van der Waals surface area contributed by atoms with E-state index in [0.29, 0.717) is 25.0 Å². The van der Waals surface area contributed by atoms with Crippen molar-refractivity contribution in [2.45, 2.75) is 45.3 Å². The molecular formula is C15H26N4O2. The number of hydrogen-bond acceptors (Lipinski definition) is 6. The Morgan fingerprint density at radius 1 is 1.43 bits per heavy atom. The van der Waals surface area contributed by atoms with Gasteiger partial charge in [0.2, 0.25) is 11.8 Å². The van der Waals surface area contributed by atoms with Crippen molar-refractivity contribution in [1.29, 1.82) is 0 Å². The summed E-state index contributed by atoms with van der Waals surface area (Å²) < 4.78 is 11.1. The first-order chi connectivity index (χ1) is 10.2. The summed E-state index contributed by atoms with van der Waals surface area (Å²) in [5.41, 5.74) is 6.83. The summed E-state index contributed by atoms with van der Waals surface area (Å²) >= 11 is 0. The third-order valence-corrected chi connectivity index (χ3v) is 3.80. The van der Waals surface area contributed by atoms with Gasteiger partial charge in [-0.3, -0.25) is 0 Å². The summed E-state index contributed by atoms with van der Waals surface area (Å²) in [6, 6.07) is 2.09. The van der Waals surface area contributed by atoms with Crippen molar-refractivity contribution in [2.75, 3.05) is 31.7 Å². The average molecular weight is 294 g/mol. The number of hydrogen-bond donors (Lipinski definition) is 1. The van der Waals surface area contributed by atoms with Crippen molar-refractivity contribution >= 4 is 5.95 Å². The number of ether oxygens (including phenoxy) is 2. The molecule has 1 aromatic rings. The molecule has 6 nitrogen and oxygen atoms in total. The number of aryl methyl sites for hydroxylation is 1. The van der Waals surface area contributed by atoms with Crippen molar-refractivity contribution in [3.8, 4) is 5.88 Å². The van der Waals surface area contributed by atoms with Gasteiger partial charge in [-0.15, -0.1) is 0 Å². The van der Waals surface area contributed by atoms with Crippen LogP contribution in [-0.2, 0) is 4.74 Å². The molecule has 1 aromatic heterocycles. The van der Waals surface area contributed by atoms with Gasteiger partial charge >= 0.3 is 0 Å². The number of nitrogens with two attached hydrogens (primary N) is 1. The van der Waals surface area contributed by atoms with Gasteiger partial charge in [0.05, 0.1) is 12.7 Å². The third-order valence-electron chi connectivity index (χ3n) is 3.80. The summed E-state index contributed by atoms with van der Waals surface area (Å²) in [6.45, 7) is 6.14. The highest BCUT2D eigenvalue weighted by Crippen LogP contribution is 2.25. The van der Waals surface area contributed by atoms with E-state index >= 15 is 0 Å². The molecule has 2 N–H and O–H groups in total. The molecule has 1 aliphatic heterocycles. The molecule has 0 saturated carbocycles. The Balaban J connectivity index is 2.17. The maximum absolute atomic E-state index is 5.92. The minimum atomic E-state index is 0.213. The van der Waals surface area contributed by atoms with Crippen molar-refractivity contribution in [1.82, 2.24) is 9.97 Å². The van der Waals surface area contributed by atoms with E-state index in [4.69, 9.17) is 15.2 Å². The van der Waals surface area contributed by atoms with Crippen molar-refractivity contribution in [3.63, 3.8) is 0 Å². The number of aromatic nitrogens is 2. The normalized spacial score (nSPS) is 22.4. The summed E-state index contributed by atoms with van der Waals surface area (Å²) in [7, 11) is 1.76. The fourth-order valence-electron chi connectivity index (χ4n) is 2.65. The van der Waals surface area contributed by atoms with E-state index in [9.17, 15) is 0 Å². The van der Waals surface area contributed by atoms with Crippen molar-refractivity contribution in [3.05, 3.63) is 11.8 Å². The van der Waals surface area contributed by atoms with Crippen LogP contribution in [0.2, 0.25) is 0 Å². The molecule has 1 saturated heterocycles. The predicted molar refractivity (Wildman–Crippen MR) is 82.8 cm³/mol. The molecule has 2 rings (SSSR count). The molecule has 6 heteroatoms. The average Bonchev–Trinajstić information content (AvgIpc) is 2.51. The van der Waals surface area contributed by atoms with E-state index in [1.165, 1.54) is 0 Å². The fraction of sp³-hybridized carbons (Fsp3) is 0.733. The van der Waals surface area contributed by atoms with Crippen LogP contribution in [0.15, 0.2) is 6.07 Å². The number of rotatable bonds is 6. The molecular weight excluding hydrogens is 268 g/mol. The Morgan fingerprint density at radius 2 is 2.24 bits per heavy atom. The smallest absolute Gasteiger partial charge is 0.229 e. The van der Waals surface area contributed by atoms with E-state index in [0.717, 1.165) is 31.5 Å². The van der Waals surface area contributed by atoms with Gasteiger partial charge in [0.15, 0.2) is 0 Å². The molecule has 0 aliphatic carbocycles. The number of anilines is 1. The van der Waals surface area contributed by atoms with Crippen LogP contribution in [0.25, 0.3) is 0 Å². The van der Waals surface area contributed by atoms with Crippen LogP contribution in [-0.4, -0.2) is 48.9 Å². The molecule has 118 valence electrons. The van der Waals surface area contributed by atoms with Gasteiger partial charge in [0, 0.05) is 38.0 Å². The minimum absolute atomic E-state index is 0.213. The molecule has 2 unspecified atom stereocenters. The molecule has 2 atom stereocenters. The second-order valence-corrected chi connectivity index (χ2v) is 5.46. The summed E-state index contributed by atoms with van der Waals surface area (Å²) in [4.78, 5) is 11.3. The Bertz CT molecular complexity index is 455. The second kappa shape index (κ2) is 7.56. The van der Waals surface area contributed by atoms with Crippen LogP contribution in [0.1, 0.15) is 31.9 Å². The lowest BCUT2D eigenvalue weighted by Crippen LogP contribution is -2.49. The first-order valence-electron chi connectivity index (χ1n) is 7.65. The predicted octanol–water partition coefficient (Wildman–Crippen LogP) is 1.52. The third kappa shape index (κ3) is 4.04. The minimum Gasteiger partial charge on any atom is -0.478 e. The topological polar surface area (TPSA) is 73.5 Å². The van der Waals surface area contributed by atoms with Crippen LogP contribution in [0.3, 0.4) is 0 Å². The zero-order valence-electron chi connectivity index (χ0n) is 13.2. The molecule has 1 aliphatic rings. The summed E-state index contributed by atoms with van der Waals surface area (Å²) in [5, 5.41) is 0. The number of piperidine rings is 1. The van der Waals surface area contributed by atoms with E-state index in [1.54, 1.807) is 7.11 Å². The van der Waals surface area contributed by atoms with Gasteiger partial charge in [0.1, 0.15) is 0 Å². The van der Waals surface area contributed by atoms with Crippen LogP contribution in [0.5, 0.6) is 5.88 Å². The first-order valence-corrected chi connectivity index (χ1v) is 7.65. The molecule has 0 bridgehead atoms. The zero-order chi connectivity index (χ0) is 15.2. The van der Waals surface area contributed by atoms with E-state index in [1.807, 2.05) is 13.0 Å². The maximum atomic E-state index is 5.92. The van der Waals surface area contributed by atoms with Gasteiger partial charge in [-0.2, -0.15) is 4.98 Å². The molecule has 1 fully saturated rings. The molecule has 0 radical (unpaired) electrons. The highest BCUT2D eigenvalue weighted by Gasteiger charge is 2.29. The van der Waals surface area contributed by atoms with Crippen LogP contribution < -0.4 is 15.4 Å². The van der Waals surface area contributed by atoms with Gasteiger partial charge in [-0.05, 0) is 26.2 Å². The van der Waals surface area contributed by atoms with E-state index < -0.39 is 0 Å². The van der Waals surface area contributed by atoms with Crippen molar-refractivity contribution in [2.24, 2.45) is 5.73 Å². The monoisotopic (exact) mass is 294 g/mol. The quantitative estimate of drug-likeness (QED) is 0.857. The van der Waals surface area contributed by atoms with Gasteiger partial charge in [-0.25, -0.2) is 4.98 Å². The molecule has 0 amide bonds. The lowest BCUT2D eigenvalue weighted by molar-refractivity contribution is 0.0705. The molecule has 21 heavy (non-hydrogen) atoms. The number of methoxy groups -OCH3 is 1. The Hall–Kier alpha value is -1.40. The highest BCUT2D eigenvalue weighted by atomic mass is 16.5. The lowest BCUT2D eigenvalue weighted by Gasteiger charge is -2.38. The SMILES string of the molecule is CCCOc1cc(C)nc(N2CCC(OC)CC2CN)n1. The summed E-state index contributed by atoms with van der Waals surface area (Å²) in [6.07, 6.45) is 3.11. The zero-order valence-corrected chi connectivity index (χ0v) is 13.2. The second-order valence-electron chi connectivity index (χ2n) is 5.46. The van der Waals surface area contributed by atoms with E-state index in [2.05, 4.69) is 21.8 Å². The van der Waals surface area contributed by atoms with Gasteiger partial charge in [-0.1, -0.05) is 6.92 Å². The lowest BCUT2D eigenvalue weighted by atomic mass is 10.00. The molecule has 2 heterocycles. The van der Waals surface area contributed by atoms with E-state index in [-0.39, 0.29) is 12.1 Å². The Morgan fingerprint density at radius 3 is 2.90 bits per heavy atom. The van der Waals surface area contributed by atoms with Crippen molar-refractivity contribution < 1.29 is 9.47 Å². The largest absolute Gasteiger partial charge is 0.478 e. The first kappa shape index (κ1) is 16.0. The van der Waals surface area contributed by atoms with Crippen LogP contribution >= 0.6 is 0 Å². The highest BCUT2D eigenvalue weighted by molar-refractivity contribution is 5.36. The molecule has 0 aromatic carbocycles. The Labute approximate surface area is 126 Å². The Kier molecular flexibility index (Phi) is 5.76. The van der Waals surface area contributed by atoms with Gasteiger partial charge < -0.3 is 20.1 Å².